The van der Waals surface area contributed by atoms with Crippen molar-refractivity contribution in [1.29, 1.82) is 0 Å². The Morgan fingerprint density at radius 3 is 2.95 bits per heavy atom. The predicted octanol–water partition coefficient (Wildman–Crippen LogP) is 2.77. The summed E-state index contributed by atoms with van der Waals surface area (Å²) in [5, 5.41) is 8.20. The molecule has 0 radical (unpaired) electrons. The largest absolute Gasteiger partial charge is 0.383 e. The van der Waals surface area contributed by atoms with E-state index in [9.17, 15) is 4.39 Å². The molecule has 1 aromatic carbocycles. The van der Waals surface area contributed by atoms with Crippen molar-refractivity contribution in [2.75, 3.05) is 20.3 Å². The molecule has 0 aliphatic carbocycles. The van der Waals surface area contributed by atoms with Gasteiger partial charge in [0.2, 0.25) is 0 Å². The quantitative estimate of drug-likeness (QED) is 0.799. The van der Waals surface area contributed by atoms with Gasteiger partial charge in [0, 0.05) is 42.5 Å². The number of nitrogens with zero attached hydrogens (tertiary/aromatic N) is 2. The maximum absolute atomic E-state index is 13.7. The number of halogens is 2. The van der Waals surface area contributed by atoms with Gasteiger partial charge in [-0.25, -0.2) is 4.39 Å². The molecule has 114 valence electrons. The van der Waals surface area contributed by atoms with Crippen molar-refractivity contribution in [3.05, 3.63) is 52.1 Å². The van der Waals surface area contributed by atoms with Gasteiger partial charge in [0.1, 0.15) is 5.82 Å². The Bertz CT molecular complexity index is 601. The summed E-state index contributed by atoms with van der Waals surface area (Å²) >= 11 is 5.90. The summed E-state index contributed by atoms with van der Waals surface area (Å²) in [6, 6.07) is 4.55. The first-order valence-electron chi connectivity index (χ1n) is 6.76. The molecule has 0 fully saturated rings. The molecule has 0 aliphatic rings. The number of nitrogens with one attached hydrogen (secondary N) is 1. The molecule has 0 saturated carbocycles. The lowest BCUT2D eigenvalue weighted by Gasteiger charge is -2.04. The highest BCUT2D eigenvalue weighted by atomic mass is 35.5. The monoisotopic (exact) mass is 311 g/mol. The fourth-order valence-electron chi connectivity index (χ4n) is 2.05. The van der Waals surface area contributed by atoms with E-state index in [1.807, 2.05) is 13.1 Å². The molecule has 2 rings (SSSR count). The van der Waals surface area contributed by atoms with Crippen molar-refractivity contribution in [3.8, 4) is 0 Å². The molecule has 4 nitrogen and oxygen atoms in total. The summed E-state index contributed by atoms with van der Waals surface area (Å²) in [5.41, 5.74) is 2.56. The Balaban J connectivity index is 2.02. The van der Waals surface area contributed by atoms with Gasteiger partial charge < -0.3 is 10.1 Å². The first kappa shape index (κ1) is 15.9. The minimum absolute atomic E-state index is 0.271. The first-order valence-corrected chi connectivity index (χ1v) is 7.14. The molecule has 21 heavy (non-hydrogen) atoms. The molecule has 0 atom stereocenters. The average Bonchev–Trinajstić information content (AvgIpc) is 2.79. The number of hydrogen-bond acceptors (Lipinski definition) is 3. The van der Waals surface area contributed by atoms with E-state index in [0.29, 0.717) is 30.3 Å². The lowest BCUT2D eigenvalue weighted by Crippen LogP contribution is -2.18. The number of ether oxygens (including phenoxy) is 1. The zero-order valence-electron chi connectivity index (χ0n) is 12.2. The van der Waals surface area contributed by atoms with Gasteiger partial charge in [-0.2, -0.15) is 5.10 Å². The molecule has 1 aromatic heterocycles. The van der Waals surface area contributed by atoms with Crippen molar-refractivity contribution >= 4 is 11.6 Å². The second-order valence-electron chi connectivity index (χ2n) is 4.84. The second-order valence-corrected chi connectivity index (χ2v) is 5.28. The van der Waals surface area contributed by atoms with Gasteiger partial charge in [-0.3, -0.25) is 4.68 Å². The molecular formula is C15H19ClFN3O. The van der Waals surface area contributed by atoms with Crippen molar-refractivity contribution in [3.63, 3.8) is 0 Å². The Morgan fingerprint density at radius 2 is 2.19 bits per heavy atom. The third-order valence-electron chi connectivity index (χ3n) is 3.19. The first-order chi connectivity index (χ1) is 10.1. The molecule has 2 aromatic rings. The molecule has 0 aliphatic heterocycles. The summed E-state index contributed by atoms with van der Waals surface area (Å²) in [6.45, 7) is 4.47. The van der Waals surface area contributed by atoms with Crippen LogP contribution in [0.4, 0.5) is 4.39 Å². The van der Waals surface area contributed by atoms with Crippen LogP contribution in [0.1, 0.15) is 16.8 Å². The van der Waals surface area contributed by atoms with Crippen molar-refractivity contribution in [1.82, 2.24) is 15.1 Å². The lowest BCUT2D eigenvalue weighted by molar-refractivity contribution is 0.199. The van der Waals surface area contributed by atoms with Crippen LogP contribution in [0.5, 0.6) is 0 Å². The summed E-state index contributed by atoms with van der Waals surface area (Å²) in [4.78, 5) is 0. The van der Waals surface area contributed by atoms with Crippen LogP contribution in [0.2, 0.25) is 5.02 Å². The molecule has 0 spiro atoms. The summed E-state index contributed by atoms with van der Waals surface area (Å²) in [6.07, 6.45) is 1.93. The van der Waals surface area contributed by atoms with Crippen LogP contribution in [0.15, 0.2) is 24.4 Å². The molecule has 0 bridgehead atoms. The van der Waals surface area contributed by atoms with Crippen LogP contribution >= 0.6 is 11.6 Å². The smallest absolute Gasteiger partial charge is 0.128 e. The van der Waals surface area contributed by atoms with E-state index < -0.39 is 0 Å². The maximum Gasteiger partial charge on any atom is 0.128 e. The minimum atomic E-state index is -0.271. The van der Waals surface area contributed by atoms with E-state index in [2.05, 4.69) is 10.4 Å². The van der Waals surface area contributed by atoms with E-state index in [4.69, 9.17) is 16.3 Å². The topological polar surface area (TPSA) is 39.1 Å². The summed E-state index contributed by atoms with van der Waals surface area (Å²) in [5.74, 6) is -0.271. The van der Waals surface area contributed by atoms with Gasteiger partial charge in [0.25, 0.3) is 0 Å². The Morgan fingerprint density at radius 1 is 1.38 bits per heavy atom. The highest BCUT2D eigenvalue weighted by Gasteiger charge is 2.08. The van der Waals surface area contributed by atoms with Crippen LogP contribution in [0.25, 0.3) is 0 Å². The molecule has 0 amide bonds. The number of benzene rings is 1. The van der Waals surface area contributed by atoms with Gasteiger partial charge in [-0.1, -0.05) is 11.6 Å². The number of aromatic nitrogens is 2. The van der Waals surface area contributed by atoms with Crippen molar-refractivity contribution in [2.24, 2.45) is 0 Å². The zero-order chi connectivity index (χ0) is 15.2. The predicted molar refractivity (Wildman–Crippen MR) is 81.1 cm³/mol. The normalized spacial score (nSPS) is 11.0. The van der Waals surface area contributed by atoms with Crippen LogP contribution in [0, 0.1) is 12.7 Å². The second kappa shape index (κ2) is 7.54. The standard InChI is InChI=1S/C15H19ClFN3O/c1-11-13(8-18-5-6-21-2)10-20(19-11)9-12-7-14(16)3-4-15(12)17/h3-4,7,10,18H,5-6,8-9H2,1-2H3. The Labute approximate surface area is 128 Å². The third kappa shape index (κ3) is 4.52. The number of aryl methyl sites for hydroxylation is 1. The molecule has 0 unspecified atom stereocenters. The molecule has 1 N–H and O–H groups in total. The molecule has 1 heterocycles. The maximum atomic E-state index is 13.7. The highest BCUT2D eigenvalue weighted by molar-refractivity contribution is 6.30. The van der Waals surface area contributed by atoms with Crippen molar-refractivity contribution < 1.29 is 9.13 Å². The highest BCUT2D eigenvalue weighted by Crippen LogP contribution is 2.16. The fraction of sp³-hybridized carbons (Fsp3) is 0.400. The van der Waals surface area contributed by atoms with Crippen LogP contribution in [-0.4, -0.2) is 30.0 Å². The lowest BCUT2D eigenvalue weighted by atomic mass is 10.2. The van der Waals surface area contributed by atoms with Gasteiger partial charge in [0.15, 0.2) is 0 Å². The van der Waals surface area contributed by atoms with Crippen molar-refractivity contribution in [2.45, 2.75) is 20.0 Å². The third-order valence-corrected chi connectivity index (χ3v) is 3.42. The average molecular weight is 312 g/mol. The van der Waals surface area contributed by atoms with E-state index in [-0.39, 0.29) is 5.82 Å². The summed E-state index contributed by atoms with van der Waals surface area (Å²) < 4.78 is 20.4. The van der Waals surface area contributed by atoms with E-state index in [1.54, 1.807) is 23.9 Å². The van der Waals surface area contributed by atoms with Gasteiger partial charge in [0.05, 0.1) is 18.8 Å². The SMILES string of the molecule is COCCNCc1cn(Cc2cc(Cl)ccc2F)nc1C. The molecular weight excluding hydrogens is 293 g/mol. The van der Waals surface area contributed by atoms with Crippen LogP contribution in [-0.2, 0) is 17.8 Å². The molecule has 6 heteroatoms. The van der Waals surface area contributed by atoms with E-state index in [1.165, 1.54) is 6.07 Å². The number of methoxy groups -OCH3 is 1. The molecule has 0 saturated heterocycles. The zero-order valence-corrected chi connectivity index (χ0v) is 13.0. The number of hydrogen-bond donors (Lipinski definition) is 1. The summed E-state index contributed by atoms with van der Waals surface area (Å²) in [7, 11) is 1.67. The van der Waals surface area contributed by atoms with Gasteiger partial charge in [-0.15, -0.1) is 0 Å². The van der Waals surface area contributed by atoms with Crippen LogP contribution < -0.4 is 5.32 Å². The fourth-order valence-corrected chi connectivity index (χ4v) is 2.24. The van der Waals surface area contributed by atoms with Gasteiger partial charge in [-0.05, 0) is 25.1 Å². The van der Waals surface area contributed by atoms with E-state index in [0.717, 1.165) is 17.8 Å². The van der Waals surface area contributed by atoms with Crippen LogP contribution in [0.3, 0.4) is 0 Å². The minimum Gasteiger partial charge on any atom is -0.383 e. The Hall–Kier alpha value is -1.43. The van der Waals surface area contributed by atoms with Gasteiger partial charge >= 0.3 is 0 Å². The van der Waals surface area contributed by atoms with E-state index >= 15 is 0 Å². The Kier molecular flexibility index (Phi) is 5.73. The number of rotatable bonds is 7.